The molecule has 0 aliphatic heterocycles. The van der Waals surface area contributed by atoms with Crippen LogP contribution >= 0.6 is 11.3 Å². The minimum Gasteiger partial charge on any atom is -0.461 e. The zero-order valence-electron chi connectivity index (χ0n) is 14.1. The number of hydrogen-bond donors (Lipinski definition) is 0. The second kappa shape index (κ2) is 6.86. The van der Waals surface area contributed by atoms with Crippen LogP contribution in [-0.4, -0.2) is 23.3 Å². The lowest BCUT2D eigenvalue weighted by molar-refractivity contribution is 0.190. The van der Waals surface area contributed by atoms with Gasteiger partial charge in [-0.05, 0) is 30.7 Å². The van der Waals surface area contributed by atoms with Crippen LogP contribution in [0.25, 0.3) is 31.9 Å². The summed E-state index contributed by atoms with van der Waals surface area (Å²) in [5, 5.41) is 0.666. The summed E-state index contributed by atoms with van der Waals surface area (Å²) in [5.41, 5.74) is -0.622. The molecule has 6 nitrogen and oxygen atoms in total. The third-order valence-corrected chi connectivity index (χ3v) is 5.24. The molecule has 4 aromatic rings. The van der Waals surface area contributed by atoms with Crippen molar-refractivity contribution in [1.82, 2.24) is 9.55 Å². The fraction of sp³-hybridized carbons (Fsp3) is 0.211. The molecular formula is C19H16N2O4S. The first-order valence-electron chi connectivity index (χ1n) is 8.20. The van der Waals surface area contributed by atoms with Crippen molar-refractivity contribution in [2.24, 2.45) is 0 Å². The third-order valence-electron chi connectivity index (χ3n) is 4.17. The van der Waals surface area contributed by atoms with Crippen molar-refractivity contribution in [3.63, 3.8) is 0 Å². The number of rotatable bonds is 5. The number of benzene rings is 1. The van der Waals surface area contributed by atoms with Gasteiger partial charge in [0, 0.05) is 30.3 Å². The Kier molecular flexibility index (Phi) is 4.40. The standard InChI is InChI=1S/C19H16N2O4S/c1-24-10-5-9-21-17(13-7-4-11-25-13)20-18-15(19(21)23)16(22)12-6-2-3-8-14(12)26-18/h2-4,6-8,11H,5,9-10H2,1H3. The quantitative estimate of drug-likeness (QED) is 0.399. The largest absolute Gasteiger partial charge is 0.461 e. The first-order chi connectivity index (χ1) is 12.7. The number of aromatic nitrogens is 2. The number of fused-ring (bicyclic) bond motifs is 2. The first kappa shape index (κ1) is 16.7. The highest BCUT2D eigenvalue weighted by molar-refractivity contribution is 7.24. The molecule has 0 radical (unpaired) electrons. The molecule has 0 N–H and O–H groups in total. The van der Waals surface area contributed by atoms with E-state index < -0.39 is 0 Å². The van der Waals surface area contributed by atoms with Crippen molar-refractivity contribution in [2.45, 2.75) is 13.0 Å². The van der Waals surface area contributed by atoms with Crippen molar-refractivity contribution >= 4 is 31.6 Å². The van der Waals surface area contributed by atoms with Gasteiger partial charge in [-0.3, -0.25) is 14.2 Å². The number of hydrogen-bond acceptors (Lipinski definition) is 6. The van der Waals surface area contributed by atoms with Gasteiger partial charge in [0.1, 0.15) is 10.2 Å². The zero-order chi connectivity index (χ0) is 18.1. The normalized spacial score (nSPS) is 11.4. The molecular weight excluding hydrogens is 352 g/mol. The van der Waals surface area contributed by atoms with Gasteiger partial charge >= 0.3 is 0 Å². The summed E-state index contributed by atoms with van der Waals surface area (Å²) in [7, 11) is 1.61. The predicted octanol–water partition coefficient (Wildman–Crippen LogP) is 3.27. The van der Waals surface area contributed by atoms with Gasteiger partial charge in [-0.1, -0.05) is 12.1 Å². The molecule has 1 aromatic carbocycles. The van der Waals surface area contributed by atoms with Crippen LogP contribution < -0.4 is 11.0 Å². The Bertz CT molecular complexity index is 1190. The van der Waals surface area contributed by atoms with Crippen molar-refractivity contribution in [1.29, 1.82) is 0 Å². The van der Waals surface area contributed by atoms with Gasteiger partial charge in [0.2, 0.25) is 5.43 Å². The molecule has 3 heterocycles. The molecule has 7 heteroatoms. The van der Waals surface area contributed by atoms with E-state index in [0.29, 0.717) is 41.4 Å². The summed E-state index contributed by atoms with van der Waals surface area (Å²) in [5.74, 6) is 0.920. The van der Waals surface area contributed by atoms with Crippen LogP contribution in [0.2, 0.25) is 0 Å². The van der Waals surface area contributed by atoms with Gasteiger partial charge in [0.05, 0.1) is 6.26 Å². The summed E-state index contributed by atoms with van der Waals surface area (Å²) >= 11 is 1.34. The summed E-state index contributed by atoms with van der Waals surface area (Å²) in [6, 6.07) is 10.8. The Balaban J connectivity index is 2.05. The van der Waals surface area contributed by atoms with Crippen LogP contribution in [0.3, 0.4) is 0 Å². The first-order valence-corrected chi connectivity index (χ1v) is 9.01. The predicted molar refractivity (Wildman–Crippen MR) is 102 cm³/mol. The van der Waals surface area contributed by atoms with E-state index in [1.54, 1.807) is 31.4 Å². The van der Waals surface area contributed by atoms with Gasteiger partial charge in [0.25, 0.3) is 5.56 Å². The molecule has 0 aliphatic rings. The summed E-state index contributed by atoms with van der Waals surface area (Å²) in [6.07, 6.45) is 2.16. The van der Waals surface area contributed by atoms with Crippen molar-refractivity contribution < 1.29 is 9.15 Å². The molecule has 0 aliphatic carbocycles. The van der Waals surface area contributed by atoms with Crippen molar-refractivity contribution in [3.8, 4) is 11.6 Å². The molecule has 26 heavy (non-hydrogen) atoms. The smallest absolute Gasteiger partial charge is 0.266 e. The van der Waals surface area contributed by atoms with Gasteiger partial charge in [-0.25, -0.2) is 4.98 Å². The minimum atomic E-state index is -0.343. The average Bonchev–Trinajstić information content (AvgIpc) is 3.18. The molecule has 4 rings (SSSR count). The van der Waals surface area contributed by atoms with E-state index in [1.807, 2.05) is 12.1 Å². The molecule has 0 bridgehead atoms. The van der Waals surface area contributed by atoms with E-state index in [9.17, 15) is 9.59 Å². The second-order valence-electron chi connectivity index (χ2n) is 5.82. The second-order valence-corrected chi connectivity index (χ2v) is 6.85. The van der Waals surface area contributed by atoms with E-state index in [4.69, 9.17) is 9.15 Å². The van der Waals surface area contributed by atoms with Crippen LogP contribution in [0.4, 0.5) is 0 Å². The Morgan fingerprint density at radius 2 is 2.04 bits per heavy atom. The number of ether oxygens (including phenoxy) is 1. The van der Waals surface area contributed by atoms with Crippen LogP contribution in [0.1, 0.15) is 6.42 Å². The lowest BCUT2D eigenvalue weighted by atomic mass is 10.2. The Labute approximate surface area is 152 Å². The molecule has 0 amide bonds. The van der Waals surface area contributed by atoms with Gasteiger partial charge in [-0.15, -0.1) is 11.3 Å². The molecule has 132 valence electrons. The molecule has 0 spiro atoms. The maximum Gasteiger partial charge on any atom is 0.266 e. The number of nitrogens with zero attached hydrogens (tertiary/aromatic N) is 2. The maximum absolute atomic E-state index is 13.2. The average molecular weight is 368 g/mol. The van der Waals surface area contributed by atoms with E-state index in [-0.39, 0.29) is 16.4 Å². The van der Waals surface area contributed by atoms with E-state index >= 15 is 0 Å². The van der Waals surface area contributed by atoms with Crippen LogP contribution in [-0.2, 0) is 11.3 Å². The van der Waals surface area contributed by atoms with Crippen LogP contribution in [0.15, 0.2) is 56.7 Å². The highest BCUT2D eigenvalue weighted by Gasteiger charge is 2.18. The van der Waals surface area contributed by atoms with Crippen LogP contribution in [0, 0.1) is 0 Å². The topological polar surface area (TPSA) is 74.3 Å². The molecule has 0 fully saturated rings. The number of furan rings is 1. The fourth-order valence-electron chi connectivity index (χ4n) is 2.95. The molecule has 0 atom stereocenters. The van der Waals surface area contributed by atoms with E-state index in [2.05, 4.69) is 4.98 Å². The van der Waals surface area contributed by atoms with E-state index in [0.717, 1.165) is 4.70 Å². The van der Waals surface area contributed by atoms with Crippen molar-refractivity contribution in [3.05, 3.63) is 63.2 Å². The third kappa shape index (κ3) is 2.75. The number of methoxy groups -OCH3 is 1. The zero-order valence-corrected chi connectivity index (χ0v) is 14.9. The SMILES string of the molecule is COCCCn1c(-c2ccco2)nc2sc3ccccc3c(=O)c2c1=O. The summed E-state index contributed by atoms with van der Waals surface area (Å²) in [6.45, 7) is 0.898. The highest BCUT2D eigenvalue weighted by atomic mass is 32.1. The minimum absolute atomic E-state index is 0.126. The molecule has 3 aromatic heterocycles. The fourth-order valence-corrected chi connectivity index (χ4v) is 3.99. The van der Waals surface area contributed by atoms with Crippen LogP contribution in [0.5, 0.6) is 0 Å². The lowest BCUT2D eigenvalue weighted by Crippen LogP contribution is -2.27. The van der Waals surface area contributed by atoms with Gasteiger partial charge in [-0.2, -0.15) is 0 Å². The Morgan fingerprint density at radius 3 is 2.81 bits per heavy atom. The molecule has 0 unspecified atom stereocenters. The molecule has 0 saturated carbocycles. The monoisotopic (exact) mass is 368 g/mol. The lowest BCUT2D eigenvalue weighted by Gasteiger charge is -2.11. The van der Waals surface area contributed by atoms with Gasteiger partial charge in [0.15, 0.2) is 11.6 Å². The Hall–Kier alpha value is -2.77. The summed E-state index contributed by atoms with van der Waals surface area (Å²) < 4.78 is 12.9. The maximum atomic E-state index is 13.2. The Morgan fingerprint density at radius 1 is 1.19 bits per heavy atom. The molecule has 0 saturated heterocycles. The van der Waals surface area contributed by atoms with E-state index in [1.165, 1.54) is 22.2 Å². The highest BCUT2D eigenvalue weighted by Crippen LogP contribution is 2.24. The summed E-state index contributed by atoms with van der Waals surface area (Å²) in [4.78, 5) is 31.1. The van der Waals surface area contributed by atoms with Gasteiger partial charge < -0.3 is 9.15 Å². The van der Waals surface area contributed by atoms with Crippen molar-refractivity contribution in [2.75, 3.05) is 13.7 Å².